The van der Waals surface area contributed by atoms with E-state index in [1.807, 2.05) is 12.1 Å². The van der Waals surface area contributed by atoms with Gasteiger partial charge in [0.05, 0.1) is 13.2 Å². The van der Waals surface area contributed by atoms with Gasteiger partial charge in [0.25, 0.3) is 0 Å². The largest absolute Gasteiger partial charge is 0.504 e. The quantitative estimate of drug-likeness (QED) is 0.633. The van der Waals surface area contributed by atoms with Crippen molar-refractivity contribution in [2.24, 2.45) is 0 Å². The Labute approximate surface area is 102 Å². The molecule has 0 aliphatic rings. The molecule has 96 valence electrons. The number of aliphatic hydroxyl groups excluding tert-OH is 1. The molecule has 0 spiro atoms. The average Bonchev–Trinajstić information content (AvgIpc) is 2.30. The van der Waals surface area contributed by atoms with E-state index >= 15 is 0 Å². The van der Waals surface area contributed by atoms with E-state index in [2.05, 4.69) is 5.32 Å². The Kier molecular flexibility index (Phi) is 5.80. The van der Waals surface area contributed by atoms with Gasteiger partial charge in [-0.2, -0.15) is 0 Å². The Bertz CT molecular complexity index is 339. The lowest BCUT2D eigenvalue weighted by Crippen LogP contribution is -2.16. The number of rotatable bonds is 7. The van der Waals surface area contributed by atoms with Gasteiger partial charge in [0.15, 0.2) is 11.5 Å². The number of benzene rings is 1. The van der Waals surface area contributed by atoms with Gasteiger partial charge in [-0.25, -0.2) is 0 Å². The lowest BCUT2D eigenvalue weighted by Gasteiger charge is -2.10. The van der Waals surface area contributed by atoms with Gasteiger partial charge in [0.2, 0.25) is 0 Å². The molecule has 1 aromatic carbocycles. The lowest BCUT2D eigenvalue weighted by molar-refractivity contribution is 0.181. The normalized spacial score (nSPS) is 12.4. The molecule has 1 aromatic rings. The van der Waals surface area contributed by atoms with Crippen LogP contribution in [0.5, 0.6) is 11.5 Å². The van der Waals surface area contributed by atoms with E-state index in [1.165, 1.54) is 7.11 Å². The van der Waals surface area contributed by atoms with Crippen LogP contribution in [0.15, 0.2) is 18.2 Å². The molecule has 1 rings (SSSR count). The van der Waals surface area contributed by atoms with Crippen molar-refractivity contribution in [2.45, 2.75) is 32.4 Å². The maximum Gasteiger partial charge on any atom is 0.162 e. The first-order valence-corrected chi connectivity index (χ1v) is 5.88. The predicted molar refractivity (Wildman–Crippen MR) is 67.3 cm³/mol. The van der Waals surface area contributed by atoms with Crippen LogP contribution in [-0.2, 0) is 6.54 Å². The van der Waals surface area contributed by atoms with Gasteiger partial charge in [0, 0.05) is 12.1 Å². The third kappa shape index (κ3) is 4.63. The fraction of sp³-hybridized carbons (Fsp3) is 0.538. The summed E-state index contributed by atoms with van der Waals surface area (Å²) in [5.41, 5.74) is 0.821. The molecular weight excluding hydrogens is 218 g/mol. The molecule has 0 saturated carbocycles. The van der Waals surface area contributed by atoms with Crippen LogP contribution >= 0.6 is 0 Å². The number of nitrogens with one attached hydrogen (secondary N) is 1. The SMILES string of the molecule is COc1cccc(CNCCCC(C)O)c1O. The van der Waals surface area contributed by atoms with Gasteiger partial charge >= 0.3 is 0 Å². The number of phenols is 1. The molecule has 0 radical (unpaired) electrons. The first kappa shape index (κ1) is 13.8. The summed E-state index contributed by atoms with van der Waals surface area (Å²) in [6, 6.07) is 5.44. The van der Waals surface area contributed by atoms with E-state index in [-0.39, 0.29) is 11.9 Å². The second kappa shape index (κ2) is 7.14. The summed E-state index contributed by atoms with van der Waals surface area (Å²) < 4.78 is 5.03. The van der Waals surface area contributed by atoms with Crippen LogP contribution in [0.3, 0.4) is 0 Å². The number of hydrogen-bond donors (Lipinski definition) is 3. The minimum atomic E-state index is -0.248. The molecule has 17 heavy (non-hydrogen) atoms. The highest BCUT2D eigenvalue weighted by Gasteiger charge is 2.06. The van der Waals surface area contributed by atoms with E-state index < -0.39 is 0 Å². The second-order valence-corrected chi connectivity index (χ2v) is 4.14. The maximum atomic E-state index is 9.83. The first-order valence-electron chi connectivity index (χ1n) is 5.88. The summed E-state index contributed by atoms with van der Waals surface area (Å²) >= 11 is 0. The minimum Gasteiger partial charge on any atom is -0.504 e. The van der Waals surface area contributed by atoms with Crippen LogP contribution in [0, 0.1) is 0 Å². The van der Waals surface area contributed by atoms with E-state index in [0.717, 1.165) is 24.9 Å². The molecular formula is C13H21NO3. The topological polar surface area (TPSA) is 61.7 Å². The zero-order chi connectivity index (χ0) is 12.7. The van der Waals surface area contributed by atoms with Gasteiger partial charge in [-0.15, -0.1) is 0 Å². The molecule has 0 aromatic heterocycles. The van der Waals surface area contributed by atoms with Crippen molar-refractivity contribution >= 4 is 0 Å². The Morgan fingerprint density at radius 3 is 2.82 bits per heavy atom. The Balaban J connectivity index is 2.36. The van der Waals surface area contributed by atoms with E-state index in [9.17, 15) is 5.11 Å². The molecule has 0 aliphatic heterocycles. The van der Waals surface area contributed by atoms with Crippen molar-refractivity contribution in [1.82, 2.24) is 5.32 Å². The third-order valence-corrected chi connectivity index (χ3v) is 2.59. The first-order chi connectivity index (χ1) is 8.15. The molecule has 3 N–H and O–H groups in total. The lowest BCUT2D eigenvalue weighted by atomic mass is 10.1. The minimum absolute atomic E-state index is 0.193. The predicted octanol–water partition coefficient (Wildman–Crippen LogP) is 1.65. The van der Waals surface area contributed by atoms with Crippen molar-refractivity contribution in [3.05, 3.63) is 23.8 Å². The highest BCUT2D eigenvalue weighted by molar-refractivity contribution is 5.45. The highest BCUT2D eigenvalue weighted by Crippen LogP contribution is 2.28. The number of para-hydroxylation sites is 1. The fourth-order valence-corrected chi connectivity index (χ4v) is 1.62. The number of aliphatic hydroxyl groups is 1. The van der Waals surface area contributed by atoms with Crippen molar-refractivity contribution in [3.63, 3.8) is 0 Å². The Hall–Kier alpha value is -1.26. The third-order valence-electron chi connectivity index (χ3n) is 2.59. The molecule has 0 bridgehead atoms. The molecule has 0 aliphatic carbocycles. The van der Waals surface area contributed by atoms with Crippen molar-refractivity contribution in [2.75, 3.05) is 13.7 Å². The van der Waals surface area contributed by atoms with Gasteiger partial charge in [-0.05, 0) is 32.4 Å². The molecule has 1 unspecified atom stereocenters. The summed E-state index contributed by atoms with van der Waals surface area (Å²) in [6.45, 7) is 3.21. The number of methoxy groups -OCH3 is 1. The molecule has 4 nitrogen and oxygen atoms in total. The van der Waals surface area contributed by atoms with Gasteiger partial charge < -0.3 is 20.3 Å². The van der Waals surface area contributed by atoms with E-state index in [1.54, 1.807) is 13.0 Å². The molecule has 0 fully saturated rings. The summed E-state index contributed by atoms with van der Waals surface area (Å²) in [5.74, 6) is 0.686. The number of ether oxygens (including phenoxy) is 1. The zero-order valence-electron chi connectivity index (χ0n) is 10.4. The van der Waals surface area contributed by atoms with Gasteiger partial charge in [-0.1, -0.05) is 12.1 Å². The van der Waals surface area contributed by atoms with Crippen molar-refractivity contribution in [1.29, 1.82) is 0 Å². The van der Waals surface area contributed by atoms with E-state index in [0.29, 0.717) is 12.3 Å². The molecule has 0 saturated heterocycles. The van der Waals surface area contributed by atoms with Crippen LogP contribution in [0.1, 0.15) is 25.3 Å². The maximum absolute atomic E-state index is 9.83. The molecule has 0 amide bonds. The average molecular weight is 239 g/mol. The summed E-state index contributed by atoms with van der Waals surface area (Å²) in [6.07, 6.45) is 1.46. The van der Waals surface area contributed by atoms with Crippen LogP contribution in [0.4, 0.5) is 0 Å². The summed E-state index contributed by atoms with van der Waals surface area (Å²) in [5, 5.41) is 22.1. The summed E-state index contributed by atoms with van der Waals surface area (Å²) in [7, 11) is 1.54. The Morgan fingerprint density at radius 2 is 2.18 bits per heavy atom. The monoisotopic (exact) mass is 239 g/mol. The van der Waals surface area contributed by atoms with Crippen molar-refractivity contribution in [3.8, 4) is 11.5 Å². The highest BCUT2D eigenvalue weighted by atomic mass is 16.5. The second-order valence-electron chi connectivity index (χ2n) is 4.14. The number of phenolic OH excluding ortho intramolecular Hbond substituents is 1. The van der Waals surface area contributed by atoms with Gasteiger partial charge in [0.1, 0.15) is 0 Å². The van der Waals surface area contributed by atoms with Crippen LogP contribution in [0.25, 0.3) is 0 Å². The summed E-state index contributed by atoms with van der Waals surface area (Å²) in [4.78, 5) is 0. The van der Waals surface area contributed by atoms with Gasteiger partial charge in [-0.3, -0.25) is 0 Å². The number of aromatic hydroxyl groups is 1. The molecule has 4 heteroatoms. The van der Waals surface area contributed by atoms with Crippen molar-refractivity contribution < 1.29 is 14.9 Å². The van der Waals surface area contributed by atoms with Crippen LogP contribution in [0.2, 0.25) is 0 Å². The number of hydrogen-bond acceptors (Lipinski definition) is 4. The fourth-order valence-electron chi connectivity index (χ4n) is 1.62. The zero-order valence-corrected chi connectivity index (χ0v) is 10.4. The van der Waals surface area contributed by atoms with Crippen LogP contribution < -0.4 is 10.1 Å². The van der Waals surface area contributed by atoms with E-state index in [4.69, 9.17) is 9.84 Å². The molecule has 0 heterocycles. The Morgan fingerprint density at radius 1 is 1.41 bits per heavy atom. The smallest absolute Gasteiger partial charge is 0.162 e. The molecule has 1 atom stereocenters. The van der Waals surface area contributed by atoms with Crippen LogP contribution in [-0.4, -0.2) is 30.0 Å². The standard InChI is InChI=1S/C13H21NO3/c1-10(15)5-4-8-14-9-11-6-3-7-12(17-2)13(11)16/h3,6-7,10,14-16H,4-5,8-9H2,1-2H3.